The Balaban J connectivity index is 1.19. The monoisotopic (exact) mass is 615 g/mol. The number of ether oxygens (including phenoxy) is 2. The molecule has 7 rings (SSSR count). The molecule has 3 heterocycles. The van der Waals surface area contributed by atoms with E-state index in [9.17, 15) is 9.59 Å². The lowest BCUT2D eigenvalue weighted by atomic mass is 9.99. The third-order valence-electron chi connectivity index (χ3n) is 8.14. The third kappa shape index (κ3) is 4.84. The minimum atomic E-state index is -0.400. The van der Waals surface area contributed by atoms with Crippen LogP contribution in [0.1, 0.15) is 52.4 Å². The highest BCUT2D eigenvalue weighted by Gasteiger charge is 2.34. The van der Waals surface area contributed by atoms with E-state index in [0.717, 1.165) is 52.0 Å². The quantitative estimate of drug-likeness (QED) is 0.172. The molecule has 0 bridgehead atoms. The summed E-state index contributed by atoms with van der Waals surface area (Å²) in [6.45, 7) is 0.236. The molecule has 43 heavy (non-hydrogen) atoms. The zero-order valence-corrected chi connectivity index (χ0v) is 25.0. The normalized spacial score (nSPS) is 14.7. The summed E-state index contributed by atoms with van der Waals surface area (Å²) in [5.74, 6) is 1.40. The van der Waals surface area contributed by atoms with Crippen LogP contribution in [-0.4, -0.2) is 28.7 Å². The fourth-order valence-electron chi connectivity index (χ4n) is 5.83. The molecule has 0 unspecified atom stereocenters. The fourth-order valence-corrected chi connectivity index (χ4v) is 6.41. The van der Waals surface area contributed by atoms with E-state index in [1.807, 2.05) is 48.0 Å². The number of esters is 1. The number of hydrogen-bond acceptors (Lipinski definition) is 6. The summed E-state index contributed by atoms with van der Waals surface area (Å²) in [5, 5.41) is 6.12. The Bertz CT molecular complexity index is 1900. The van der Waals surface area contributed by atoms with Crippen LogP contribution in [-0.2, 0) is 29.6 Å². The molecular weight excluding hydrogens is 589 g/mol. The number of nitrogens with zero attached hydrogens (tertiary/aromatic N) is 3. The molecule has 1 fully saturated rings. The first-order chi connectivity index (χ1) is 20.8. The van der Waals surface area contributed by atoms with Gasteiger partial charge in [0.2, 0.25) is 5.91 Å². The number of benzene rings is 3. The molecule has 0 saturated heterocycles. The van der Waals surface area contributed by atoms with Crippen molar-refractivity contribution in [3.05, 3.63) is 93.3 Å². The Morgan fingerprint density at radius 2 is 1.86 bits per heavy atom. The lowest BCUT2D eigenvalue weighted by Crippen LogP contribution is -2.30. The molecule has 0 N–H and O–H groups in total. The summed E-state index contributed by atoms with van der Waals surface area (Å²) in [7, 11) is 3.23. The fraction of sp³-hybridized carbons (Fsp3) is 0.242. The van der Waals surface area contributed by atoms with Crippen LogP contribution < -0.4 is 9.64 Å². The third-order valence-corrected chi connectivity index (χ3v) is 8.77. The average Bonchev–Trinajstić information content (AvgIpc) is 3.69. The lowest BCUT2D eigenvalue weighted by molar-refractivity contribution is -0.118. The van der Waals surface area contributed by atoms with Gasteiger partial charge in [0.05, 0.1) is 45.2 Å². The van der Waals surface area contributed by atoms with E-state index in [-0.39, 0.29) is 12.5 Å². The minimum absolute atomic E-state index is 0.00252. The predicted molar refractivity (Wildman–Crippen MR) is 164 cm³/mol. The minimum Gasteiger partial charge on any atom is -0.489 e. The second-order valence-electron chi connectivity index (χ2n) is 10.9. The van der Waals surface area contributed by atoms with Gasteiger partial charge in [0.1, 0.15) is 23.8 Å². The van der Waals surface area contributed by atoms with Crippen molar-refractivity contribution in [1.82, 2.24) is 9.72 Å². The van der Waals surface area contributed by atoms with Gasteiger partial charge in [-0.25, -0.2) is 4.79 Å². The summed E-state index contributed by atoms with van der Waals surface area (Å²) < 4.78 is 18.9. The summed E-state index contributed by atoms with van der Waals surface area (Å²) >= 11 is 13.0. The summed E-state index contributed by atoms with van der Waals surface area (Å²) in [4.78, 5) is 27.2. The maximum absolute atomic E-state index is 13.2. The van der Waals surface area contributed by atoms with Crippen LogP contribution in [0, 0.1) is 0 Å². The van der Waals surface area contributed by atoms with Gasteiger partial charge in [-0.05, 0) is 73.4 Å². The zero-order chi connectivity index (χ0) is 29.8. The molecule has 1 amide bonds. The van der Waals surface area contributed by atoms with E-state index in [4.69, 9.17) is 37.2 Å². The largest absolute Gasteiger partial charge is 0.489 e. The number of methoxy groups -OCH3 is 1. The summed E-state index contributed by atoms with van der Waals surface area (Å²) in [6.07, 6.45) is 4.78. The number of aryl methyl sites for hydroxylation is 2. The van der Waals surface area contributed by atoms with Crippen LogP contribution in [0.15, 0.2) is 65.3 Å². The smallest absolute Gasteiger partial charge is 0.340 e. The van der Waals surface area contributed by atoms with Crippen molar-refractivity contribution >= 4 is 57.4 Å². The van der Waals surface area contributed by atoms with Crippen molar-refractivity contribution in [3.8, 4) is 17.0 Å². The van der Waals surface area contributed by atoms with Gasteiger partial charge in [-0.1, -0.05) is 34.4 Å². The Morgan fingerprint density at radius 3 is 2.60 bits per heavy atom. The van der Waals surface area contributed by atoms with Crippen molar-refractivity contribution in [1.29, 1.82) is 0 Å². The maximum Gasteiger partial charge on any atom is 0.340 e. The molecular formula is C33H27Cl2N3O5. The molecule has 8 nitrogen and oxygen atoms in total. The predicted octanol–water partition coefficient (Wildman–Crippen LogP) is 7.99. The highest BCUT2D eigenvalue weighted by Crippen LogP contribution is 2.46. The molecule has 0 spiro atoms. The summed E-state index contributed by atoms with van der Waals surface area (Å²) in [6, 6.07) is 16.8. The highest BCUT2D eigenvalue weighted by molar-refractivity contribution is 6.39. The van der Waals surface area contributed by atoms with Gasteiger partial charge in [0, 0.05) is 36.5 Å². The number of hydrogen-bond donors (Lipinski definition) is 0. The number of amides is 1. The van der Waals surface area contributed by atoms with Crippen LogP contribution in [0.4, 0.5) is 11.4 Å². The Morgan fingerprint density at radius 1 is 1.07 bits per heavy atom. The Kier molecular flexibility index (Phi) is 6.91. The number of fused-ring (bicyclic) bond motifs is 2. The number of carbonyl (C=O) groups excluding carboxylic acids is 2. The maximum atomic E-state index is 13.2. The van der Waals surface area contributed by atoms with Gasteiger partial charge in [-0.2, -0.15) is 0 Å². The molecule has 1 saturated carbocycles. The standard InChI is InChI=1S/C33H27Cl2N3O5/c1-37-16-23(33(40)41-2)22-11-9-20(15-28(22)37)38-27-12-10-21(14-19(27)8-13-29(38)39)42-17-24-31(36-43-32(24)18-6-7-18)30-25(34)4-3-5-26(30)35/h3-5,9-12,14-16,18H,6-8,13,17H2,1-2H3. The van der Waals surface area contributed by atoms with E-state index in [1.54, 1.807) is 29.3 Å². The van der Waals surface area contributed by atoms with Crippen LogP contribution in [0.2, 0.25) is 10.0 Å². The van der Waals surface area contributed by atoms with Crippen LogP contribution >= 0.6 is 23.2 Å². The van der Waals surface area contributed by atoms with E-state index >= 15 is 0 Å². The molecule has 0 atom stereocenters. The topological polar surface area (TPSA) is 86.8 Å². The van der Waals surface area contributed by atoms with E-state index in [0.29, 0.717) is 51.4 Å². The van der Waals surface area contributed by atoms with Crippen molar-refractivity contribution in [2.75, 3.05) is 12.0 Å². The average molecular weight is 617 g/mol. The molecule has 218 valence electrons. The number of halogens is 2. The van der Waals surface area contributed by atoms with Gasteiger partial charge >= 0.3 is 5.97 Å². The zero-order valence-electron chi connectivity index (χ0n) is 23.5. The van der Waals surface area contributed by atoms with Gasteiger partial charge in [0.15, 0.2) is 0 Å². The van der Waals surface area contributed by atoms with Gasteiger partial charge < -0.3 is 18.6 Å². The molecule has 10 heteroatoms. The van der Waals surface area contributed by atoms with Gasteiger partial charge in [0.25, 0.3) is 0 Å². The van der Waals surface area contributed by atoms with Gasteiger partial charge in [-0.3, -0.25) is 9.69 Å². The highest BCUT2D eigenvalue weighted by atomic mass is 35.5. The molecule has 1 aliphatic heterocycles. The van der Waals surface area contributed by atoms with Crippen LogP contribution in [0.5, 0.6) is 5.75 Å². The molecule has 2 aromatic heterocycles. The molecule has 0 radical (unpaired) electrons. The van der Waals surface area contributed by atoms with Gasteiger partial charge in [-0.15, -0.1) is 0 Å². The molecule has 1 aliphatic carbocycles. The SMILES string of the molecule is COC(=O)c1cn(C)c2cc(N3C(=O)CCc4cc(OCc5c(-c6c(Cl)cccc6Cl)noc5C5CC5)ccc43)ccc12. The first-order valence-corrected chi connectivity index (χ1v) is 14.8. The second kappa shape index (κ2) is 10.8. The summed E-state index contributed by atoms with van der Waals surface area (Å²) in [5.41, 5.74) is 5.91. The Labute approximate surface area is 257 Å². The molecule has 5 aromatic rings. The van der Waals surface area contributed by atoms with E-state index in [1.165, 1.54) is 7.11 Å². The molecule has 2 aliphatic rings. The first kappa shape index (κ1) is 27.6. The van der Waals surface area contributed by atoms with E-state index < -0.39 is 5.97 Å². The van der Waals surface area contributed by atoms with Crippen molar-refractivity contribution in [2.24, 2.45) is 7.05 Å². The Hall–Kier alpha value is -4.27. The number of rotatable bonds is 7. The van der Waals surface area contributed by atoms with Crippen LogP contribution in [0.25, 0.3) is 22.2 Å². The van der Waals surface area contributed by atoms with E-state index in [2.05, 4.69) is 5.16 Å². The number of carbonyl (C=O) groups is 2. The van der Waals surface area contributed by atoms with Crippen molar-refractivity contribution in [3.63, 3.8) is 0 Å². The van der Waals surface area contributed by atoms with Crippen molar-refractivity contribution in [2.45, 2.75) is 38.2 Å². The van der Waals surface area contributed by atoms with Crippen molar-refractivity contribution < 1.29 is 23.6 Å². The number of anilines is 2. The van der Waals surface area contributed by atoms with Crippen LogP contribution in [0.3, 0.4) is 0 Å². The lowest BCUT2D eigenvalue weighted by Gasteiger charge is -2.30. The first-order valence-electron chi connectivity index (χ1n) is 14.0. The second-order valence-corrected chi connectivity index (χ2v) is 11.7. The molecule has 3 aromatic carbocycles. The number of aromatic nitrogens is 2.